The van der Waals surface area contributed by atoms with Crippen molar-refractivity contribution in [3.05, 3.63) is 29.3 Å². The first-order chi connectivity index (χ1) is 10.8. The van der Waals surface area contributed by atoms with Crippen LogP contribution in [0.3, 0.4) is 0 Å². The molecule has 0 spiro atoms. The second kappa shape index (κ2) is 7.31. The summed E-state index contributed by atoms with van der Waals surface area (Å²) in [6.07, 6.45) is 0.258. The summed E-state index contributed by atoms with van der Waals surface area (Å²) < 4.78 is 38.3. The maximum atomic E-state index is 12.8. The minimum Gasteiger partial charge on any atom is -0.326 e. The molecule has 2 aliphatic heterocycles. The van der Waals surface area contributed by atoms with Crippen LogP contribution in [0.15, 0.2) is 18.2 Å². The number of aryl methyl sites for hydroxylation is 1. The van der Waals surface area contributed by atoms with Gasteiger partial charge in [0.15, 0.2) is 0 Å². The highest BCUT2D eigenvalue weighted by Crippen LogP contribution is 2.34. The molecule has 0 saturated carbocycles. The lowest BCUT2D eigenvalue weighted by molar-refractivity contribution is -0.137. The van der Waals surface area contributed by atoms with Gasteiger partial charge in [-0.05, 0) is 56.2 Å². The third-order valence-corrected chi connectivity index (χ3v) is 4.88. The molecule has 2 fully saturated rings. The highest BCUT2D eigenvalue weighted by molar-refractivity contribution is 5.91. The van der Waals surface area contributed by atoms with E-state index in [0.717, 1.165) is 37.8 Å². The number of anilines is 1. The van der Waals surface area contributed by atoms with Crippen LogP contribution >= 0.6 is 12.4 Å². The van der Waals surface area contributed by atoms with Gasteiger partial charge in [0, 0.05) is 24.2 Å². The van der Waals surface area contributed by atoms with Crippen molar-refractivity contribution in [2.45, 2.75) is 57.3 Å². The van der Waals surface area contributed by atoms with Gasteiger partial charge < -0.3 is 10.6 Å². The van der Waals surface area contributed by atoms with Crippen molar-refractivity contribution in [3.63, 3.8) is 0 Å². The van der Waals surface area contributed by atoms with Gasteiger partial charge in [0.25, 0.3) is 0 Å². The predicted octanol–water partition coefficient (Wildman–Crippen LogP) is 4.29. The van der Waals surface area contributed by atoms with Gasteiger partial charge in [0.2, 0.25) is 5.91 Å². The van der Waals surface area contributed by atoms with E-state index in [0.29, 0.717) is 30.0 Å². The van der Waals surface area contributed by atoms with Gasteiger partial charge in [-0.1, -0.05) is 6.07 Å². The fourth-order valence-electron chi connectivity index (χ4n) is 3.74. The number of rotatable bonds is 3. The van der Waals surface area contributed by atoms with Gasteiger partial charge in [-0.25, -0.2) is 0 Å². The maximum Gasteiger partial charge on any atom is 0.416 e. The van der Waals surface area contributed by atoms with Gasteiger partial charge in [0.1, 0.15) is 0 Å². The van der Waals surface area contributed by atoms with Gasteiger partial charge in [0.05, 0.1) is 5.56 Å². The van der Waals surface area contributed by atoms with Crippen molar-refractivity contribution in [1.29, 1.82) is 0 Å². The zero-order chi connectivity index (χ0) is 16.6. The van der Waals surface area contributed by atoms with E-state index in [-0.39, 0.29) is 24.0 Å². The molecule has 0 aromatic heterocycles. The van der Waals surface area contributed by atoms with E-state index >= 15 is 0 Å². The zero-order valence-electron chi connectivity index (χ0n) is 13.5. The second-order valence-electron chi connectivity index (χ2n) is 6.76. The molecule has 2 aliphatic rings. The lowest BCUT2D eigenvalue weighted by atomic mass is 9.89. The Labute approximate surface area is 145 Å². The fraction of sp³-hybridized carbons (Fsp3) is 0.588. The van der Waals surface area contributed by atoms with E-state index in [1.54, 1.807) is 6.92 Å². The Hall–Kier alpha value is -1.27. The molecule has 2 N–H and O–H groups in total. The van der Waals surface area contributed by atoms with Crippen molar-refractivity contribution >= 4 is 24.0 Å². The number of carbonyl (C=O) groups is 1. The molecule has 0 aliphatic carbocycles. The number of nitrogens with one attached hydrogen (secondary N) is 2. The molecule has 3 nitrogen and oxygen atoms in total. The summed E-state index contributed by atoms with van der Waals surface area (Å²) in [7, 11) is 0. The molecule has 1 amide bonds. The Morgan fingerprint density at radius 3 is 2.46 bits per heavy atom. The highest BCUT2D eigenvalue weighted by Gasteiger charge is 2.34. The summed E-state index contributed by atoms with van der Waals surface area (Å²) >= 11 is 0. The molecule has 3 rings (SSSR count). The molecule has 2 heterocycles. The van der Waals surface area contributed by atoms with Gasteiger partial charge in [-0.15, -0.1) is 12.4 Å². The van der Waals surface area contributed by atoms with Crippen LogP contribution in [0.1, 0.15) is 43.2 Å². The van der Waals surface area contributed by atoms with Crippen molar-refractivity contribution in [3.8, 4) is 0 Å². The first-order valence-corrected chi connectivity index (χ1v) is 8.05. The Balaban J connectivity index is 0.00000208. The summed E-state index contributed by atoms with van der Waals surface area (Å²) in [5.41, 5.74) is 0.150. The topological polar surface area (TPSA) is 41.1 Å². The van der Waals surface area contributed by atoms with Gasteiger partial charge in [-0.2, -0.15) is 13.2 Å². The van der Waals surface area contributed by atoms with Crippen LogP contribution < -0.4 is 10.6 Å². The van der Waals surface area contributed by atoms with E-state index < -0.39 is 11.7 Å². The molecule has 2 bridgehead atoms. The quantitative estimate of drug-likeness (QED) is 0.842. The third kappa shape index (κ3) is 4.42. The normalized spacial score (nSPS) is 25.9. The van der Waals surface area contributed by atoms with Crippen LogP contribution in [0.4, 0.5) is 18.9 Å². The Kier molecular flexibility index (Phi) is 5.81. The first kappa shape index (κ1) is 19.1. The van der Waals surface area contributed by atoms with Crippen LogP contribution in [0, 0.1) is 12.8 Å². The van der Waals surface area contributed by atoms with Crippen molar-refractivity contribution in [2.75, 3.05) is 5.32 Å². The summed E-state index contributed by atoms with van der Waals surface area (Å²) in [5, 5.41) is 6.18. The van der Waals surface area contributed by atoms with Crippen molar-refractivity contribution in [2.24, 2.45) is 5.92 Å². The minimum absolute atomic E-state index is 0. The smallest absolute Gasteiger partial charge is 0.326 e. The van der Waals surface area contributed by atoms with E-state index in [1.807, 2.05) is 0 Å². The number of piperidine rings is 1. The highest BCUT2D eigenvalue weighted by atomic mass is 35.5. The molecule has 1 aromatic carbocycles. The number of hydrogen-bond acceptors (Lipinski definition) is 2. The Morgan fingerprint density at radius 1 is 1.25 bits per heavy atom. The second-order valence-corrected chi connectivity index (χ2v) is 6.76. The summed E-state index contributed by atoms with van der Waals surface area (Å²) in [5.74, 6) is 0.124. The van der Waals surface area contributed by atoms with Crippen molar-refractivity contribution < 1.29 is 18.0 Å². The summed E-state index contributed by atoms with van der Waals surface area (Å²) in [6, 6.07) is 4.45. The van der Waals surface area contributed by atoms with Crippen LogP contribution in [0.25, 0.3) is 0 Å². The predicted molar refractivity (Wildman–Crippen MR) is 89.3 cm³/mol. The fourth-order valence-corrected chi connectivity index (χ4v) is 3.74. The SMILES string of the molecule is Cc1ccc(C(F)(F)F)cc1NC(=O)CC1CC2CCC(C1)N2.Cl. The number of fused-ring (bicyclic) bond motifs is 2. The molecular weight excluding hydrogens is 341 g/mol. The third-order valence-electron chi connectivity index (χ3n) is 4.88. The van der Waals surface area contributed by atoms with Gasteiger partial charge >= 0.3 is 6.18 Å². The van der Waals surface area contributed by atoms with Crippen molar-refractivity contribution in [1.82, 2.24) is 5.32 Å². The number of alkyl halides is 3. The first-order valence-electron chi connectivity index (χ1n) is 8.05. The van der Waals surface area contributed by atoms with Crippen LogP contribution in [0.2, 0.25) is 0 Å². The number of carbonyl (C=O) groups excluding carboxylic acids is 1. The van der Waals surface area contributed by atoms with Gasteiger partial charge in [-0.3, -0.25) is 4.79 Å². The molecule has 2 saturated heterocycles. The van der Waals surface area contributed by atoms with E-state index in [2.05, 4.69) is 10.6 Å². The van der Waals surface area contributed by atoms with E-state index in [9.17, 15) is 18.0 Å². The molecule has 134 valence electrons. The number of halogens is 4. The largest absolute Gasteiger partial charge is 0.416 e. The van der Waals surface area contributed by atoms with E-state index in [4.69, 9.17) is 0 Å². The molecule has 24 heavy (non-hydrogen) atoms. The Morgan fingerprint density at radius 2 is 1.88 bits per heavy atom. The number of hydrogen-bond donors (Lipinski definition) is 2. The summed E-state index contributed by atoms with van der Waals surface area (Å²) in [6.45, 7) is 1.69. The average molecular weight is 363 g/mol. The standard InChI is InChI=1S/C17H21F3N2O.ClH/c1-10-2-3-12(17(18,19)20)9-15(10)22-16(23)8-11-6-13-4-5-14(7-11)21-13;/h2-3,9,11,13-14,21H,4-8H2,1H3,(H,22,23);1H. The Bertz CT molecular complexity index is 594. The lowest BCUT2D eigenvalue weighted by Gasteiger charge is -2.28. The molecule has 7 heteroatoms. The summed E-state index contributed by atoms with van der Waals surface area (Å²) in [4.78, 5) is 12.2. The number of benzene rings is 1. The average Bonchev–Trinajstić information content (AvgIpc) is 2.79. The monoisotopic (exact) mass is 362 g/mol. The zero-order valence-corrected chi connectivity index (χ0v) is 14.3. The van der Waals surface area contributed by atoms with Crippen LogP contribution in [0.5, 0.6) is 0 Å². The van der Waals surface area contributed by atoms with E-state index in [1.165, 1.54) is 6.07 Å². The molecule has 0 radical (unpaired) electrons. The molecule has 2 unspecified atom stereocenters. The lowest BCUT2D eigenvalue weighted by Crippen LogP contribution is -2.39. The van der Waals surface area contributed by atoms with Crippen LogP contribution in [-0.4, -0.2) is 18.0 Å². The van der Waals surface area contributed by atoms with Crippen LogP contribution in [-0.2, 0) is 11.0 Å². The number of amides is 1. The molecular formula is C17H22ClF3N2O. The molecule has 1 aromatic rings. The molecule has 2 atom stereocenters. The maximum absolute atomic E-state index is 12.8. The minimum atomic E-state index is -4.40.